The predicted octanol–water partition coefficient (Wildman–Crippen LogP) is 3.56. The third-order valence-electron chi connectivity index (χ3n) is 2.65. The molecule has 0 spiro atoms. The van der Waals surface area contributed by atoms with Crippen molar-refractivity contribution in [3.63, 3.8) is 0 Å². The van der Waals surface area contributed by atoms with Gasteiger partial charge in [-0.15, -0.1) is 0 Å². The second kappa shape index (κ2) is 5.87. The van der Waals surface area contributed by atoms with Gasteiger partial charge < -0.3 is 9.47 Å². The van der Waals surface area contributed by atoms with Crippen molar-refractivity contribution in [3.05, 3.63) is 66.2 Å². The molecule has 19 heavy (non-hydrogen) atoms. The van der Waals surface area contributed by atoms with E-state index < -0.39 is 0 Å². The Labute approximate surface area is 112 Å². The first-order valence-electron chi connectivity index (χ1n) is 5.81. The fourth-order valence-electron chi connectivity index (χ4n) is 1.57. The number of rotatable bonds is 4. The number of esters is 1. The fourth-order valence-corrected chi connectivity index (χ4v) is 1.57. The number of hydrogen-bond acceptors (Lipinski definition) is 3. The van der Waals surface area contributed by atoms with Crippen LogP contribution in [0.1, 0.15) is 15.9 Å². The summed E-state index contributed by atoms with van der Waals surface area (Å²) in [5, 5.41) is 0. The van der Waals surface area contributed by atoms with Crippen LogP contribution in [0.15, 0.2) is 55.1 Å². The van der Waals surface area contributed by atoms with Crippen LogP contribution in [0.4, 0.5) is 0 Å². The lowest BCUT2D eigenvalue weighted by atomic mass is 10.1. The highest BCUT2D eigenvalue weighted by Gasteiger charge is 2.08. The monoisotopic (exact) mass is 254 g/mol. The van der Waals surface area contributed by atoms with Crippen molar-refractivity contribution in [3.8, 4) is 11.5 Å². The van der Waals surface area contributed by atoms with Crippen molar-refractivity contribution < 1.29 is 14.3 Å². The molecule has 2 rings (SSSR count). The normalized spacial score (nSPS) is 9.74. The Kier molecular flexibility index (Phi) is 3.98. The third kappa shape index (κ3) is 3.22. The van der Waals surface area contributed by atoms with Crippen molar-refractivity contribution in [2.45, 2.75) is 0 Å². The second-order valence-electron chi connectivity index (χ2n) is 3.89. The number of benzene rings is 2. The van der Waals surface area contributed by atoms with E-state index in [-0.39, 0.29) is 5.97 Å². The van der Waals surface area contributed by atoms with E-state index in [9.17, 15) is 4.79 Å². The SMILES string of the molecule is C=Cc1ccc(C(=O)Oc2ccc(OC)cc2)cc1. The molecule has 0 fully saturated rings. The lowest BCUT2D eigenvalue weighted by molar-refractivity contribution is 0.0734. The van der Waals surface area contributed by atoms with E-state index in [0.29, 0.717) is 11.3 Å². The molecular weight excluding hydrogens is 240 g/mol. The molecule has 0 saturated carbocycles. The van der Waals surface area contributed by atoms with E-state index in [1.54, 1.807) is 49.6 Å². The van der Waals surface area contributed by atoms with Crippen LogP contribution in [-0.2, 0) is 0 Å². The molecule has 0 heterocycles. The van der Waals surface area contributed by atoms with Gasteiger partial charge in [0.15, 0.2) is 0 Å². The van der Waals surface area contributed by atoms with Gasteiger partial charge in [0.05, 0.1) is 12.7 Å². The number of methoxy groups -OCH3 is 1. The molecule has 0 N–H and O–H groups in total. The Morgan fingerprint density at radius 1 is 1.00 bits per heavy atom. The van der Waals surface area contributed by atoms with Gasteiger partial charge in [-0.2, -0.15) is 0 Å². The van der Waals surface area contributed by atoms with E-state index in [2.05, 4.69) is 6.58 Å². The van der Waals surface area contributed by atoms with Crippen LogP contribution in [0.5, 0.6) is 11.5 Å². The average molecular weight is 254 g/mol. The lowest BCUT2D eigenvalue weighted by Crippen LogP contribution is -2.08. The lowest BCUT2D eigenvalue weighted by Gasteiger charge is -2.05. The highest BCUT2D eigenvalue weighted by Crippen LogP contribution is 2.18. The first-order chi connectivity index (χ1) is 9.22. The highest BCUT2D eigenvalue weighted by molar-refractivity contribution is 5.91. The van der Waals surface area contributed by atoms with Crippen LogP contribution in [0, 0.1) is 0 Å². The molecule has 0 aliphatic rings. The first-order valence-corrected chi connectivity index (χ1v) is 5.81. The van der Waals surface area contributed by atoms with Gasteiger partial charge in [0, 0.05) is 0 Å². The molecule has 0 aliphatic carbocycles. The summed E-state index contributed by atoms with van der Waals surface area (Å²) in [6.07, 6.45) is 1.72. The third-order valence-corrected chi connectivity index (χ3v) is 2.65. The minimum Gasteiger partial charge on any atom is -0.497 e. The molecule has 0 aromatic heterocycles. The van der Waals surface area contributed by atoms with Gasteiger partial charge in [-0.3, -0.25) is 0 Å². The summed E-state index contributed by atoms with van der Waals surface area (Å²) in [7, 11) is 1.59. The van der Waals surface area contributed by atoms with E-state index >= 15 is 0 Å². The highest BCUT2D eigenvalue weighted by atomic mass is 16.5. The molecule has 0 radical (unpaired) electrons. The van der Waals surface area contributed by atoms with Crippen molar-refractivity contribution in [1.82, 2.24) is 0 Å². The predicted molar refractivity (Wildman–Crippen MR) is 74.5 cm³/mol. The maximum atomic E-state index is 11.9. The Morgan fingerprint density at radius 2 is 1.58 bits per heavy atom. The second-order valence-corrected chi connectivity index (χ2v) is 3.89. The standard InChI is InChI=1S/C16H14O3/c1-3-12-4-6-13(7-5-12)16(17)19-15-10-8-14(18-2)9-11-15/h3-11H,1H2,2H3. The van der Waals surface area contributed by atoms with Crippen LogP contribution in [-0.4, -0.2) is 13.1 Å². The van der Waals surface area contributed by atoms with Gasteiger partial charge in [0.25, 0.3) is 0 Å². The Hall–Kier alpha value is -2.55. The largest absolute Gasteiger partial charge is 0.497 e. The summed E-state index contributed by atoms with van der Waals surface area (Å²) in [6.45, 7) is 3.66. The van der Waals surface area contributed by atoms with Crippen LogP contribution in [0.25, 0.3) is 6.08 Å². The molecule has 3 heteroatoms. The van der Waals surface area contributed by atoms with E-state index in [4.69, 9.17) is 9.47 Å². The molecule has 0 saturated heterocycles. The van der Waals surface area contributed by atoms with Gasteiger partial charge >= 0.3 is 5.97 Å². The van der Waals surface area contributed by atoms with Gasteiger partial charge in [0.1, 0.15) is 11.5 Å². The minimum atomic E-state index is -0.388. The van der Waals surface area contributed by atoms with E-state index in [0.717, 1.165) is 11.3 Å². The summed E-state index contributed by atoms with van der Waals surface area (Å²) in [5.74, 6) is 0.814. The van der Waals surface area contributed by atoms with Crippen LogP contribution in [0.3, 0.4) is 0 Å². The minimum absolute atomic E-state index is 0.388. The van der Waals surface area contributed by atoms with Crippen LogP contribution in [0.2, 0.25) is 0 Å². The van der Waals surface area contributed by atoms with Crippen LogP contribution >= 0.6 is 0 Å². The molecule has 3 nitrogen and oxygen atoms in total. The summed E-state index contributed by atoms with van der Waals surface area (Å²) >= 11 is 0. The molecule has 0 bridgehead atoms. The van der Waals surface area contributed by atoms with Gasteiger partial charge in [-0.25, -0.2) is 4.79 Å². The maximum Gasteiger partial charge on any atom is 0.343 e. The summed E-state index contributed by atoms with van der Waals surface area (Å²) in [5.41, 5.74) is 1.46. The molecule has 2 aromatic carbocycles. The topological polar surface area (TPSA) is 35.5 Å². The number of carbonyl (C=O) groups is 1. The smallest absolute Gasteiger partial charge is 0.343 e. The Bertz CT molecular complexity index is 568. The quantitative estimate of drug-likeness (QED) is 0.618. The summed E-state index contributed by atoms with van der Waals surface area (Å²) < 4.78 is 10.3. The molecular formula is C16H14O3. The van der Waals surface area contributed by atoms with Gasteiger partial charge in [0.2, 0.25) is 0 Å². The average Bonchev–Trinajstić information content (AvgIpc) is 2.48. The summed E-state index contributed by atoms with van der Waals surface area (Å²) in [4.78, 5) is 11.9. The Morgan fingerprint density at radius 3 is 2.11 bits per heavy atom. The van der Waals surface area contributed by atoms with Crippen molar-refractivity contribution >= 4 is 12.0 Å². The molecule has 0 aliphatic heterocycles. The van der Waals surface area contributed by atoms with Crippen molar-refractivity contribution in [1.29, 1.82) is 0 Å². The van der Waals surface area contributed by atoms with Gasteiger partial charge in [-0.05, 0) is 42.0 Å². The molecule has 96 valence electrons. The number of hydrogen-bond donors (Lipinski definition) is 0. The van der Waals surface area contributed by atoms with E-state index in [1.807, 2.05) is 12.1 Å². The Balaban J connectivity index is 2.08. The first kappa shape index (κ1) is 12.9. The zero-order chi connectivity index (χ0) is 13.7. The van der Waals surface area contributed by atoms with Crippen molar-refractivity contribution in [2.24, 2.45) is 0 Å². The number of ether oxygens (including phenoxy) is 2. The fraction of sp³-hybridized carbons (Fsp3) is 0.0625. The van der Waals surface area contributed by atoms with Crippen molar-refractivity contribution in [2.75, 3.05) is 7.11 Å². The maximum absolute atomic E-state index is 11.9. The molecule has 2 aromatic rings. The van der Waals surface area contributed by atoms with Gasteiger partial charge in [-0.1, -0.05) is 24.8 Å². The van der Waals surface area contributed by atoms with E-state index in [1.165, 1.54) is 0 Å². The zero-order valence-electron chi connectivity index (χ0n) is 10.6. The molecule has 0 amide bonds. The molecule has 0 atom stereocenters. The zero-order valence-corrected chi connectivity index (χ0v) is 10.6. The van der Waals surface area contributed by atoms with Crippen LogP contribution < -0.4 is 9.47 Å². The molecule has 0 unspecified atom stereocenters. The number of carbonyl (C=O) groups excluding carboxylic acids is 1. The summed E-state index contributed by atoms with van der Waals surface area (Å²) in [6, 6.07) is 13.9.